The summed E-state index contributed by atoms with van der Waals surface area (Å²) >= 11 is 0. The molecule has 0 radical (unpaired) electrons. The molecule has 2 atom stereocenters. The quantitative estimate of drug-likeness (QED) is 0.106. The third kappa shape index (κ3) is 11.1. The summed E-state index contributed by atoms with van der Waals surface area (Å²) in [5.41, 5.74) is 8.73. The lowest BCUT2D eigenvalue weighted by Gasteiger charge is -2.42. The van der Waals surface area contributed by atoms with E-state index in [1.807, 2.05) is 60.7 Å². The maximum absolute atomic E-state index is 13.5. The van der Waals surface area contributed by atoms with Gasteiger partial charge in [0.05, 0.1) is 19.8 Å². The lowest BCUT2D eigenvalue weighted by atomic mass is 9.92. The second-order valence-corrected chi connectivity index (χ2v) is 21.7. The second-order valence-electron chi connectivity index (χ2n) is 21.7. The molecular weight excluding hydrogens is 1040 g/mol. The van der Waals surface area contributed by atoms with Crippen LogP contribution in [0.25, 0.3) is 21.8 Å². The van der Waals surface area contributed by atoms with E-state index in [9.17, 15) is 33.9 Å². The van der Waals surface area contributed by atoms with Gasteiger partial charge in [-0.05, 0) is 97.9 Å². The van der Waals surface area contributed by atoms with Gasteiger partial charge in [-0.3, -0.25) is 28.9 Å². The molecule has 0 saturated carbocycles. The summed E-state index contributed by atoms with van der Waals surface area (Å²) in [4.78, 5) is 82.3. The number of halogens is 1. The first-order valence-corrected chi connectivity index (χ1v) is 27.7. The Morgan fingerprint density at radius 3 is 1.48 bits per heavy atom. The van der Waals surface area contributed by atoms with E-state index in [1.54, 1.807) is 48.2 Å². The molecule has 5 amide bonds. The van der Waals surface area contributed by atoms with E-state index < -0.39 is 25.3 Å². The van der Waals surface area contributed by atoms with Crippen molar-refractivity contribution in [2.24, 2.45) is 11.8 Å². The SMILES string of the molecule is CN1C(=O)C2c3c(n(Cc4ccc(C(=O)CO)cc4)c4ccc(OCCC5CCOCC5)cc34)CCN2C1=O.CN1CC(=O)N2CCc3c(c4cc(OCCC5CCOCC5)ccc4n3Cc3ccc(C(=O)CO)cc3)C2C1=O.[Cl-]. The molecule has 2 unspecified atom stereocenters. The highest BCUT2D eigenvalue weighted by Crippen LogP contribution is 2.45. The minimum atomic E-state index is -0.652. The molecule has 0 bridgehead atoms. The van der Waals surface area contributed by atoms with Crippen molar-refractivity contribution in [3.05, 3.63) is 130 Å². The third-order valence-corrected chi connectivity index (χ3v) is 16.9. The molecule has 80 heavy (non-hydrogen) atoms. The van der Waals surface area contributed by atoms with Gasteiger partial charge in [-0.1, -0.05) is 48.5 Å². The van der Waals surface area contributed by atoms with Crippen molar-refractivity contribution < 1.29 is 70.3 Å². The van der Waals surface area contributed by atoms with Gasteiger partial charge in [-0.2, -0.15) is 0 Å². The second kappa shape index (κ2) is 24.3. The minimum Gasteiger partial charge on any atom is -1.00 e. The molecule has 4 saturated heterocycles. The van der Waals surface area contributed by atoms with Gasteiger partial charge in [0.2, 0.25) is 11.8 Å². The minimum absolute atomic E-state index is 0. The monoisotopic (exact) mass is 1110 g/mol. The number of carbonyl (C=O) groups is 6. The number of fused-ring (bicyclic) bond motifs is 10. The zero-order valence-electron chi connectivity index (χ0n) is 45.3. The van der Waals surface area contributed by atoms with E-state index >= 15 is 0 Å². The molecular formula is C61H68ClN6O12-. The molecule has 0 spiro atoms. The number of imide groups is 1. The number of hydrogen-bond donors (Lipinski definition) is 2. The van der Waals surface area contributed by atoms with Crippen molar-refractivity contribution >= 4 is 57.1 Å². The van der Waals surface area contributed by atoms with E-state index in [2.05, 4.69) is 9.13 Å². The van der Waals surface area contributed by atoms with E-state index in [0.29, 0.717) is 75.2 Å². The van der Waals surface area contributed by atoms with Crippen molar-refractivity contribution in [3.8, 4) is 11.5 Å². The molecule has 19 heteroatoms. The van der Waals surface area contributed by atoms with Crippen LogP contribution in [-0.2, 0) is 49.8 Å². The summed E-state index contributed by atoms with van der Waals surface area (Å²) in [6.45, 7) is 5.62. The molecule has 2 N–H and O–H groups in total. The number of likely N-dealkylation sites (N-methyl/N-ethyl adjacent to an activating group) is 2. The number of amides is 5. The molecule has 6 aliphatic rings. The Kier molecular flexibility index (Phi) is 17.1. The number of ether oxygens (including phenoxy) is 4. The van der Waals surface area contributed by atoms with Gasteiger partial charge in [0.15, 0.2) is 11.6 Å². The molecule has 4 aromatic carbocycles. The number of piperazine rings is 1. The van der Waals surface area contributed by atoms with Gasteiger partial charge >= 0.3 is 6.03 Å². The smallest absolute Gasteiger partial charge is 0.327 e. The number of aliphatic hydroxyl groups is 2. The highest BCUT2D eigenvalue weighted by atomic mass is 35.5. The molecule has 12 rings (SSSR count). The fourth-order valence-corrected chi connectivity index (χ4v) is 12.5. The first-order valence-electron chi connectivity index (χ1n) is 27.7. The van der Waals surface area contributed by atoms with Gasteiger partial charge < -0.3 is 65.4 Å². The van der Waals surface area contributed by atoms with Gasteiger partial charge in [-0.25, -0.2) is 4.79 Å². The van der Waals surface area contributed by atoms with Crippen LogP contribution in [-0.4, -0.2) is 161 Å². The van der Waals surface area contributed by atoms with Crippen LogP contribution in [0.5, 0.6) is 11.5 Å². The Hall–Kier alpha value is -7.09. The topological polar surface area (TPSA) is 203 Å². The summed E-state index contributed by atoms with van der Waals surface area (Å²) in [5.74, 6) is 1.78. The van der Waals surface area contributed by atoms with Crippen LogP contribution in [0.15, 0.2) is 84.9 Å². The Morgan fingerprint density at radius 2 is 1.02 bits per heavy atom. The van der Waals surface area contributed by atoms with Gasteiger partial charge in [0.25, 0.3) is 5.91 Å². The number of ketones is 2. The first kappa shape index (κ1) is 56.2. The fourth-order valence-electron chi connectivity index (χ4n) is 12.5. The number of carbonyl (C=O) groups excluding carboxylic acids is 6. The van der Waals surface area contributed by atoms with Gasteiger partial charge in [0.1, 0.15) is 36.8 Å². The van der Waals surface area contributed by atoms with Crippen molar-refractivity contribution in [1.82, 2.24) is 28.7 Å². The number of benzene rings is 4. The lowest BCUT2D eigenvalue weighted by Crippen LogP contribution is -3.00. The number of rotatable bonds is 16. The zero-order valence-corrected chi connectivity index (χ0v) is 46.0. The maximum atomic E-state index is 13.5. The average molecular weight is 1110 g/mol. The Bertz CT molecular complexity index is 3310. The molecule has 0 aliphatic carbocycles. The number of hydrogen-bond acceptors (Lipinski definition) is 12. The van der Waals surface area contributed by atoms with E-state index in [0.717, 1.165) is 132 Å². The van der Waals surface area contributed by atoms with Gasteiger partial charge in [-0.15, -0.1) is 0 Å². The van der Waals surface area contributed by atoms with Crippen LogP contribution in [0.2, 0.25) is 0 Å². The average Bonchev–Trinajstić information content (AvgIpc) is 4.06. The third-order valence-electron chi connectivity index (χ3n) is 16.9. The number of urea groups is 1. The fraction of sp³-hybridized carbons (Fsp3) is 0.443. The molecule has 18 nitrogen and oxygen atoms in total. The largest absolute Gasteiger partial charge is 1.00 e. The van der Waals surface area contributed by atoms with Gasteiger partial charge in [0, 0.05) is 135 Å². The molecule has 2 aromatic heterocycles. The zero-order chi connectivity index (χ0) is 54.9. The van der Waals surface area contributed by atoms with Crippen molar-refractivity contribution in [1.29, 1.82) is 0 Å². The number of nitrogens with zero attached hydrogens (tertiary/aromatic N) is 6. The van der Waals surface area contributed by atoms with Crippen LogP contribution >= 0.6 is 0 Å². The number of Topliss-reactive ketones (excluding diaryl/α,β-unsaturated/α-hetero) is 2. The molecule has 422 valence electrons. The van der Waals surface area contributed by atoms with Crippen LogP contribution in [0, 0.1) is 11.8 Å². The lowest BCUT2D eigenvalue weighted by molar-refractivity contribution is -0.155. The summed E-state index contributed by atoms with van der Waals surface area (Å²) in [7, 11) is 3.23. The van der Waals surface area contributed by atoms with Crippen LogP contribution < -0.4 is 21.9 Å². The Labute approximate surface area is 470 Å². The molecule has 4 fully saturated rings. The van der Waals surface area contributed by atoms with E-state index in [-0.39, 0.29) is 54.3 Å². The summed E-state index contributed by atoms with van der Waals surface area (Å²) in [6, 6.07) is 25.0. The van der Waals surface area contributed by atoms with Crippen LogP contribution in [0.1, 0.15) is 105 Å². The van der Waals surface area contributed by atoms with E-state index in [4.69, 9.17) is 24.1 Å². The number of aliphatic hydroxyl groups excluding tert-OH is 2. The van der Waals surface area contributed by atoms with Crippen molar-refractivity contribution in [2.75, 3.05) is 86.6 Å². The molecule has 8 heterocycles. The van der Waals surface area contributed by atoms with Crippen molar-refractivity contribution in [2.45, 2.75) is 76.5 Å². The Balaban J connectivity index is 0.000000178. The van der Waals surface area contributed by atoms with E-state index in [1.165, 1.54) is 9.80 Å². The van der Waals surface area contributed by atoms with Crippen LogP contribution in [0.3, 0.4) is 0 Å². The highest BCUT2D eigenvalue weighted by molar-refractivity contribution is 6.07. The summed E-state index contributed by atoms with van der Waals surface area (Å²) in [6.07, 6.45) is 7.49. The van der Waals surface area contributed by atoms with Crippen molar-refractivity contribution in [3.63, 3.8) is 0 Å². The van der Waals surface area contributed by atoms with Crippen LogP contribution in [0.4, 0.5) is 4.79 Å². The summed E-state index contributed by atoms with van der Waals surface area (Å²) in [5, 5.41) is 20.2. The highest BCUT2D eigenvalue weighted by Gasteiger charge is 2.49. The normalized spacial score (nSPS) is 19.3. The maximum Gasteiger partial charge on any atom is 0.327 e. The predicted octanol–water partition coefficient (Wildman–Crippen LogP) is 3.51. The standard InChI is InChI=1S/C31H35N3O6.C30H33N3O6.ClH/c1-32-18-28(37)33-12-8-26-29(30(33)31(32)38)24-16-23(40-15-11-20-9-13-39-14-10-20)6-7-25(24)34(26)17-21-2-4-22(5-3-21)27(36)19-35;1-31-29(36)28-27-23-16-22(39-15-11-19-9-13-38-14-10-19)6-7-24(23)33(25(27)8-12-32(28)30(31)37)17-20-2-4-21(5-3-20)26(35)18-34;/h2-7,16,20,30,35H,8-15,17-19H2,1H3;2-7,16,19,28,34H,8-15,17-18H2,1H3;1H/p-1. The first-order chi connectivity index (χ1) is 38.4. The predicted molar refractivity (Wildman–Crippen MR) is 292 cm³/mol. The summed E-state index contributed by atoms with van der Waals surface area (Å²) < 4.78 is 27.8. The Morgan fingerprint density at radius 1 is 0.588 bits per heavy atom. The molecule has 6 aliphatic heterocycles. The molecule has 6 aromatic rings. The number of aromatic nitrogens is 2.